The summed E-state index contributed by atoms with van der Waals surface area (Å²) in [5.41, 5.74) is -0.746. The normalized spacial score (nSPS) is 17.9. The van der Waals surface area contributed by atoms with Gasteiger partial charge in [0.25, 0.3) is 0 Å². The molecule has 104 valence electrons. The van der Waals surface area contributed by atoms with Crippen molar-refractivity contribution in [2.45, 2.75) is 18.9 Å². The fraction of sp³-hybridized carbons (Fsp3) is 0.818. The lowest BCUT2D eigenvalue weighted by Crippen LogP contribution is -2.44. The number of carbonyl (C=O) groups excluding carboxylic acids is 1. The van der Waals surface area contributed by atoms with Crippen molar-refractivity contribution >= 4 is 12.0 Å². The fourth-order valence-corrected chi connectivity index (χ4v) is 1.53. The molecule has 1 saturated carbocycles. The van der Waals surface area contributed by atoms with E-state index in [1.54, 1.807) is 7.11 Å². The van der Waals surface area contributed by atoms with Gasteiger partial charge >= 0.3 is 12.0 Å². The Morgan fingerprint density at radius 3 is 2.44 bits per heavy atom. The molecule has 0 aromatic carbocycles. The number of ether oxygens (including phenoxy) is 2. The number of hydrogen-bond acceptors (Lipinski definition) is 4. The van der Waals surface area contributed by atoms with Crippen LogP contribution in [-0.4, -0.2) is 57.1 Å². The first-order valence-electron chi connectivity index (χ1n) is 5.81. The molecule has 0 heterocycles. The molecule has 0 aromatic rings. The van der Waals surface area contributed by atoms with Crippen LogP contribution in [0.1, 0.15) is 12.8 Å². The number of amides is 2. The van der Waals surface area contributed by atoms with Crippen LogP contribution in [0.3, 0.4) is 0 Å². The average Bonchev–Trinajstić information content (AvgIpc) is 3.13. The molecule has 0 radical (unpaired) electrons. The van der Waals surface area contributed by atoms with Gasteiger partial charge < -0.3 is 25.2 Å². The van der Waals surface area contributed by atoms with Crippen molar-refractivity contribution in [3.8, 4) is 0 Å². The van der Waals surface area contributed by atoms with Crippen molar-refractivity contribution in [1.29, 1.82) is 0 Å². The Balaban J connectivity index is 2.20. The minimum absolute atomic E-state index is 0.163. The van der Waals surface area contributed by atoms with Crippen LogP contribution in [0, 0.1) is 5.41 Å². The summed E-state index contributed by atoms with van der Waals surface area (Å²) in [5, 5.41) is 14.1. The molecule has 0 aliphatic heterocycles. The molecule has 1 unspecified atom stereocenters. The van der Waals surface area contributed by atoms with Gasteiger partial charge in [0.2, 0.25) is 0 Å². The first kappa shape index (κ1) is 14.7. The van der Waals surface area contributed by atoms with Crippen molar-refractivity contribution in [1.82, 2.24) is 10.6 Å². The van der Waals surface area contributed by atoms with Crippen LogP contribution in [0.5, 0.6) is 0 Å². The van der Waals surface area contributed by atoms with Crippen LogP contribution in [0.4, 0.5) is 4.79 Å². The minimum atomic E-state index is -0.850. The summed E-state index contributed by atoms with van der Waals surface area (Å²) < 4.78 is 9.98. The minimum Gasteiger partial charge on any atom is -0.481 e. The fourth-order valence-electron chi connectivity index (χ4n) is 1.53. The molecule has 7 nitrogen and oxygen atoms in total. The second-order valence-electron chi connectivity index (χ2n) is 4.46. The molecule has 0 aromatic heterocycles. The van der Waals surface area contributed by atoms with E-state index in [0.29, 0.717) is 26.0 Å². The zero-order valence-corrected chi connectivity index (χ0v) is 10.7. The van der Waals surface area contributed by atoms with Crippen LogP contribution in [0.25, 0.3) is 0 Å². The Kier molecular flexibility index (Phi) is 5.36. The van der Waals surface area contributed by atoms with Gasteiger partial charge in [-0.15, -0.1) is 0 Å². The second kappa shape index (κ2) is 6.55. The highest BCUT2D eigenvalue weighted by molar-refractivity contribution is 5.80. The lowest BCUT2D eigenvalue weighted by atomic mass is 10.1. The highest BCUT2D eigenvalue weighted by atomic mass is 16.5. The SMILES string of the molecule is COCC(CNC(=O)NCC1(C(=O)O)CC1)OC. The van der Waals surface area contributed by atoms with Crippen molar-refractivity contribution in [2.24, 2.45) is 5.41 Å². The van der Waals surface area contributed by atoms with Gasteiger partial charge in [-0.1, -0.05) is 0 Å². The molecule has 1 aliphatic carbocycles. The first-order valence-corrected chi connectivity index (χ1v) is 5.81. The summed E-state index contributed by atoms with van der Waals surface area (Å²) in [7, 11) is 3.09. The van der Waals surface area contributed by atoms with Gasteiger partial charge in [0.1, 0.15) is 0 Å². The third-order valence-corrected chi connectivity index (χ3v) is 3.07. The summed E-state index contributed by atoms with van der Waals surface area (Å²) in [6, 6.07) is -0.388. The average molecular weight is 260 g/mol. The van der Waals surface area contributed by atoms with Gasteiger partial charge in [0.05, 0.1) is 18.1 Å². The summed E-state index contributed by atoms with van der Waals surface area (Å²) >= 11 is 0. The van der Waals surface area contributed by atoms with E-state index >= 15 is 0 Å². The summed E-state index contributed by atoms with van der Waals surface area (Å²) in [4.78, 5) is 22.3. The van der Waals surface area contributed by atoms with E-state index in [1.165, 1.54) is 7.11 Å². The number of carboxylic acids is 1. The van der Waals surface area contributed by atoms with E-state index in [9.17, 15) is 9.59 Å². The number of hydrogen-bond donors (Lipinski definition) is 3. The zero-order valence-electron chi connectivity index (χ0n) is 10.7. The molecule has 1 atom stereocenters. The van der Waals surface area contributed by atoms with Gasteiger partial charge in [-0.25, -0.2) is 4.79 Å². The molecule has 1 aliphatic rings. The Hall–Kier alpha value is -1.34. The predicted octanol–water partition coefficient (Wildman–Crippen LogP) is -0.188. The van der Waals surface area contributed by atoms with Crippen molar-refractivity contribution in [2.75, 3.05) is 33.9 Å². The third-order valence-electron chi connectivity index (χ3n) is 3.07. The highest BCUT2D eigenvalue weighted by Gasteiger charge is 2.50. The molecule has 1 rings (SSSR count). The zero-order chi connectivity index (χ0) is 13.6. The van der Waals surface area contributed by atoms with Gasteiger partial charge in [0, 0.05) is 27.3 Å². The van der Waals surface area contributed by atoms with Crippen LogP contribution in [0.2, 0.25) is 0 Å². The topological polar surface area (TPSA) is 96.9 Å². The van der Waals surface area contributed by atoms with E-state index in [1.807, 2.05) is 0 Å². The number of nitrogens with one attached hydrogen (secondary N) is 2. The van der Waals surface area contributed by atoms with Crippen molar-refractivity contribution in [3.63, 3.8) is 0 Å². The largest absolute Gasteiger partial charge is 0.481 e. The van der Waals surface area contributed by atoms with Gasteiger partial charge in [0.15, 0.2) is 0 Å². The molecule has 1 fully saturated rings. The maximum absolute atomic E-state index is 11.5. The number of aliphatic carboxylic acids is 1. The number of urea groups is 1. The maximum atomic E-state index is 11.5. The van der Waals surface area contributed by atoms with E-state index in [4.69, 9.17) is 14.6 Å². The quantitative estimate of drug-likeness (QED) is 0.562. The van der Waals surface area contributed by atoms with Gasteiger partial charge in [-0.2, -0.15) is 0 Å². The summed E-state index contributed by atoms with van der Waals surface area (Å²) in [6.07, 6.45) is 1.02. The van der Waals surface area contributed by atoms with Gasteiger partial charge in [-0.3, -0.25) is 4.79 Å². The van der Waals surface area contributed by atoms with Crippen molar-refractivity contribution < 1.29 is 24.2 Å². The number of carboxylic acid groups (broad SMARTS) is 1. The molecule has 0 spiro atoms. The molecule has 2 amide bonds. The third kappa shape index (κ3) is 4.15. The number of methoxy groups -OCH3 is 2. The number of carbonyl (C=O) groups is 2. The maximum Gasteiger partial charge on any atom is 0.314 e. The van der Waals surface area contributed by atoms with Gasteiger partial charge in [-0.05, 0) is 12.8 Å². The predicted molar refractivity (Wildman–Crippen MR) is 63.4 cm³/mol. The van der Waals surface area contributed by atoms with Crippen LogP contribution in [-0.2, 0) is 14.3 Å². The van der Waals surface area contributed by atoms with E-state index in [2.05, 4.69) is 10.6 Å². The molecule has 7 heteroatoms. The Bertz CT molecular complexity index is 304. The summed E-state index contributed by atoms with van der Waals surface area (Å²) in [6.45, 7) is 0.863. The molecule has 3 N–H and O–H groups in total. The van der Waals surface area contributed by atoms with E-state index < -0.39 is 11.4 Å². The molecular weight excluding hydrogens is 240 g/mol. The van der Waals surface area contributed by atoms with Crippen LogP contribution >= 0.6 is 0 Å². The van der Waals surface area contributed by atoms with Crippen molar-refractivity contribution in [3.05, 3.63) is 0 Å². The van der Waals surface area contributed by atoms with E-state index in [0.717, 1.165) is 0 Å². The standard InChI is InChI=1S/C11H20N2O5/c1-17-6-8(18-2)5-12-10(16)13-7-11(3-4-11)9(14)15/h8H,3-7H2,1-2H3,(H,14,15)(H2,12,13,16). The molecular formula is C11H20N2O5. The van der Waals surface area contributed by atoms with Crippen LogP contribution < -0.4 is 10.6 Å². The van der Waals surface area contributed by atoms with Crippen LogP contribution in [0.15, 0.2) is 0 Å². The monoisotopic (exact) mass is 260 g/mol. The lowest BCUT2D eigenvalue weighted by Gasteiger charge is -2.16. The second-order valence-corrected chi connectivity index (χ2v) is 4.46. The Morgan fingerprint density at radius 1 is 1.33 bits per heavy atom. The molecule has 0 saturated heterocycles. The smallest absolute Gasteiger partial charge is 0.314 e. The first-order chi connectivity index (χ1) is 8.54. The highest BCUT2D eigenvalue weighted by Crippen LogP contribution is 2.45. The summed E-state index contributed by atoms with van der Waals surface area (Å²) in [5.74, 6) is -0.850. The lowest BCUT2D eigenvalue weighted by molar-refractivity contribution is -0.143. The Labute approximate surface area is 106 Å². The van der Waals surface area contributed by atoms with E-state index in [-0.39, 0.29) is 18.7 Å². The Morgan fingerprint density at radius 2 is 2.00 bits per heavy atom. The number of rotatable bonds is 8. The molecule has 0 bridgehead atoms. The molecule has 18 heavy (non-hydrogen) atoms.